The van der Waals surface area contributed by atoms with Crippen LogP contribution in [0, 0.1) is 5.92 Å². The van der Waals surface area contributed by atoms with E-state index in [2.05, 4.69) is 40.3 Å². The zero-order valence-electron chi connectivity index (χ0n) is 11.5. The number of hydrogen-bond donors (Lipinski definition) is 1. The predicted octanol–water partition coefficient (Wildman–Crippen LogP) is 4.60. The summed E-state index contributed by atoms with van der Waals surface area (Å²) in [7, 11) is 0. The SMILES string of the molecule is CC(NC(=O)C1CCCCCC1)c1cccc(Br)c1. The standard InChI is InChI=1S/C16H22BrNO/c1-12(14-9-6-10-15(17)11-14)18-16(19)13-7-4-2-3-5-8-13/h6,9-13H,2-5,7-8H2,1H3,(H,18,19). The van der Waals surface area contributed by atoms with Gasteiger partial charge in [-0.3, -0.25) is 4.79 Å². The van der Waals surface area contributed by atoms with Gasteiger partial charge >= 0.3 is 0 Å². The molecule has 0 aliphatic heterocycles. The highest BCUT2D eigenvalue weighted by atomic mass is 79.9. The Kier molecular flexibility index (Phi) is 5.44. The predicted molar refractivity (Wildman–Crippen MR) is 81.9 cm³/mol. The van der Waals surface area contributed by atoms with Crippen molar-refractivity contribution in [1.29, 1.82) is 0 Å². The molecule has 1 fully saturated rings. The Morgan fingerprint density at radius 2 is 1.95 bits per heavy atom. The molecule has 0 saturated heterocycles. The third-order valence-electron chi connectivity index (χ3n) is 3.93. The van der Waals surface area contributed by atoms with Gasteiger partial charge in [0.25, 0.3) is 0 Å². The largest absolute Gasteiger partial charge is 0.349 e. The summed E-state index contributed by atoms with van der Waals surface area (Å²) >= 11 is 3.47. The fourth-order valence-corrected chi connectivity index (χ4v) is 3.15. The zero-order chi connectivity index (χ0) is 13.7. The molecule has 1 aromatic carbocycles. The Labute approximate surface area is 124 Å². The van der Waals surface area contributed by atoms with Crippen LogP contribution in [0.2, 0.25) is 0 Å². The number of hydrogen-bond acceptors (Lipinski definition) is 1. The molecule has 104 valence electrons. The second-order valence-corrected chi connectivity index (χ2v) is 6.39. The topological polar surface area (TPSA) is 29.1 Å². The summed E-state index contributed by atoms with van der Waals surface area (Å²) < 4.78 is 1.06. The number of carbonyl (C=O) groups excluding carboxylic acids is 1. The van der Waals surface area contributed by atoms with Crippen molar-refractivity contribution in [3.05, 3.63) is 34.3 Å². The van der Waals surface area contributed by atoms with Gasteiger partial charge in [-0.15, -0.1) is 0 Å². The molecule has 1 atom stereocenters. The first-order chi connectivity index (χ1) is 9.16. The van der Waals surface area contributed by atoms with Gasteiger partial charge in [0.05, 0.1) is 6.04 Å². The molecule has 0 bridgehead atoms. The number of rotatable bonds is 3. The Hall–Kier alpha value is -0.830. The summed E-state index contributed by atoms with van der Waals surface area (Å²) in [6, 6.07) is 8.21. The average Bonchev–Trinajstić information content (AvgIpc) is 2.67. The monoisotopic (exact) mass is 323 g/mol. The highest BCUT2D eigenvalue weighted by Gasteiger charge is 2.21. The second-order valence-electron chi connectivity index (χ2n) is 5.47. The van der Waals surface area contributed by atoms with Gasteiger partial charge in [-0.25, -0.2) is 0 Å². The minimum Gasteiger partial charge on any atom is -0.349 e. The quantitative estimate of drug-likeness (QED) is 0.809. The van der Waals surface area contributed by atoms with Gasteiger partial charge in [-0.2, -0.15) is 0 Å². The number of carbonyl (C=O) groups is 1. The summed E-state index contributed by atoms with van der Waals surface area (Å²) in [5, 5.41) is 3.16. The van der Waals surface area contributed by atoms with Crippen molar-refractivity contribution in [3.63, 3.8) is 0 Å². The molecular formula is C16H22BrNO. The molecule has 1 saturated carbocycles. The van der Waals surface area contributed by atoms with Crippen LogP contribution in [0.15, 0.2) is 28.7 Å². The number of halogens is 1. The van der Waals surface area contributed by atoms with Crippen molar-refractivity contribution >= 4 is 21.8 Å². The van der Waals surface area contributed by atoms with Gasteiger partial charge in [-0.1, -0.05) is 53.7 Å². The molecule has 0 heterocycles. The number of benzene rings is 1. The van der Waals surface area contributed by atoms with Gasteiger partial charge in [0.15, 0.2) is 0 Å². The Morgan fingerprint density at radius 1 is 1.26 bits per heavy atom. The maximum atomic E-state index is 12.3. The molecule has 2 nitrogen and oxygen atoms in total. The van der Waals surface area contributed by atoms with Gasteiger partial charge in [-0.05, 0) is 37.5 Å². The molecule has 0 aromatic heterocycles. The summed E-state index contributed by atoms with van der Waals surface area (Å²) in [6.07, 6.45) is 7.07. The molecule has 3 heteroatoms. The lowest BCUT2D eigenvalue weighted by Gasteiger charge is -2.19. The Morgan fingerprint density at radius 3 is 2.58 bits per heavy atom. The molecular weight excluding hydrogens is 302 g/mol. The highest BCUT2D eigenvalue weighted by molar-refractivity contribution is 9.10. The third kappa shape index (κ3) is 4.34. The van der Waals surface area contributed by atoms with Crippen LogP contribution in [0.4, 0.5) is 0 Å². The minimum atomic E-state index is 0.0771. The van der Waals surface area contributed by atoms with Gasteiger partial charge in [0.2, 0.25) is 5.91 Å². The minimum absolute atomic E-state index is 0.0771. The lowest BCUT2D eigenvalue weighted by molar-refractivity contribution is -0.126. The van der Waals surface area contributed by atoms with E-state index in [0.29, 0.717) is 0 Å². The van der Waals surface area contributed by atoms with Gasteiger partial charge in [0.1, 0.15) is 0 Å². The molecule has 1 aromatic rings. The summed E-state index contributed by atoms with van der Waals surface area (Å²) in [5.74, 6) is 0.450. The number of amides is 1. The van der Waals surface area contributed by atoms with E-state index < -0.39 is 0 Å². The van der Waals surface area contributed by atoms with Crippen molar-refractivity contribution in [2.45, 2.75) is 51.5 Å². The van der Waals surface area contributed by atoms with E-state index in [1.165, 1.54) is 25.7 Å². The molecule has 1 aliphatic rings. The first kappa shape index (κ1) is 14.6. The van der Waals surface area contributed by atoms with E-state index in [1.54, 1.807) is 0 Å². The fourth-order valence-electron chi connectivity index (χ4n) is 2.73. The lowest BCUT2D eigenvalue weighted by atomic mass is 9.98. The van der Waals surface area contributed by atoms with E-state index in [-0.39, 0.29) is 17.9 Å². The van der Waals surface area contributed by atoms with E-state index in [1.807, 2.05) is 12.1 Å². The van der Waals surface area contributed by atoms with Crippen LogP contribution in [0.25, 0.3) is 0 Å². The first-order valence-corrected chi connectivity index (χ1v) is 8.02. The Bertz CT molecular complexity index is 425. The van der Waals surface area contributed by atoms with Gasteiger partial charge in [0, 0.05) is 10.4 Å². The molecule has 0 spiro atoms. The molecule has 0 radical (unpaired) electrons. The van der Waals surface area contributed by atoms with Gasteiger partial charge < -0.3 is 5.32 Å². The maximum Gasteiger partial charge on any atom is 0.223 e. The van der Waals surface area contributed by atoms with E-state index in [0.717, 1.165) is 22.9 Å². The van der Waals surface area contributed by atoms with Crippen molar-refractivity contribution in [3.8, 4) is 0 Å². The second kappa shape index (κ2) is 7.09. The maximum absolute atomic E-state index is 12.3. The normalized spacial score (nSPS) is 18.6. The van der Waals surface area contributed by atoms with Crippen LogP contribution in [-0.4, -0.2) is 5.91 Å². The van der Waals surface area contributed by atoms with Crippen molar-refractivity contribution in [1.82, 2.24) is 5.32 Å². The van der Waals surface area contributed by atoms with Crippen LogP contribution in [0.1, 0.15) is 57.1 Å². The van der Waals surface area contributed by atoms with Crippen molar-refractivity contribution in [2.24, 2.45) is 5.92 Å². The van der Waals surface area contributed by atoms with E-state index in [4.69, 9.17) is 0 Å². The van der Waals surface area contributed by atoms with Crippen LogP contribution < -0.4 is 5.32 Å². The molecule has 1 unspecified atom stereocenters. The molecule has 1 amide bonds. The third-order valence-corrected chi connectivity index (χ3v) is 4.43. The number of nitrogens with one attached hydrogen (secondary N) is 1. The van der Waals surface area contributed by atoms with Crippen molar-refractivity contribution in [2.75, 3.05) is 0 Å². The van der Waals surface area contributed by atoms with Crippen LogP contribution in [0.5, 0.6) is 0 Å². The van der Waals surface area contributed by atoms with E-state index in [9.17, 15) is 4.79 Å². The van der Waals surface area contributed by atoms with Crippen LogP contribution >= 0.6 is 15.9 Å². The fraction of sp³-hybridized carbons (Fsp3) is 0.562. The molecule has 2 rings (SSSR count). The van der Waals surface area contributed by atoms with Crippen LogP contribution in [-0.2, 0) is 4.79 Å². The lowest BCUT2D eigenvalue weighted by Crippen LogP contribution is -2.32. The highest BCUT2D eigenvalue weighted by Crippen LogP contribution is 2.24. The van der Waals surface area contributed by atoms with E-state index >= 15 is 0 Å². The molecule has 19 heavy (non-hydrogen) atoms. The van der Waals surface area contributed by atoms with Crippen LogP contribution in [0.3, 0.4) is 0 Å². The average molecular weight is 324 g/mol. The molecule has 1 aliphatic carbocycles. The smallest absolute Gasteiger partial charge is 0.223 e. The summed E-state index contributed by atoms with van der Waals surface area (Å²) in [4.78, 5) is 12.3. The summed E-state index contributed by atoms with van der Waals surface area (Å²) in [6.45, 7) is 2.05. The zero-order valence-corrected chi connectivity index (χ0v) is 13.1. The van der Waals surface area contributed by atoms with Crippen molar-refractivity contribution < 1.29 is 4.79 Å². The molecule has 1 N–H and O–H groups in total. The Balaban J connectivity index is 1.94. The first-order valence-electron chi connectivity index (χ1n) is 7.22. The summed E-state index contributed by atoms with van der Waals surface area (Å²) in [5.41, 5.74) is 1.15.